The van der Waals surface area contributed by atoms with Gasteiger partial charge in [0.25, 0.3) is 0 Å². The zero-order chi connectivity index (χ0) is 41.2. The number of fused-ring (bicyclic) bond motifs is 3. The second-order valence-electron chi connectivity index (χ2n) is 15.6. The van der Waals surface area contributed by atoms with E-state index in [4.69, 9.17) is 14.4 Å². The van der Waals surface area contributed by atoms with E-state index < -0.39 is 0 Å². The van der Waals surface area contributed by atoms with Gasteiger partial charge >= 0.3 is 0 Å². The van der Waals surface area contributed by atoms with E-state index in [-0.39, 0.29) is 0 Å². The Morgan fingerprint density at radius 2 is 0.887 bits per heavy atom. The fraction of sp³-hybridized carbons (Fsp3) is 0.0345. The molecular formula is C58H41N3O. The molecule has 0 atom stereocenters. The van der Waals surface area contributed by atoms with Gasteiger partial charge in [-0.15, -0.1) is 0 Å². The van der Waals surface area contributed by atoms with Gasteiger partial charge in [-0.1, -0.05) is 170 Å². The monoisotopic (exact) mass is 795 g/mol. The molecule has 0 radical (unpaired) electrons. The predicted octanol–water partition coefficient (Wildman–Crippen LogP) is 13.8. The van der Waals surface area contributed by atoms with E-state index in [9.17, 15) is 0 Å². The Kier molecular flexibility index (Phi) is 9.64. The quantitative estimate of drug-likeness (QED) is 0.146. The Hall–Kier alpha value is -8.08. The lowest BCUT2D eigenvalue weighted by molar-refractivity contribution is 0.571. The van der Waals surface area contributed by atoms with Gasteiger partial charge in [-0.2, -0.15) is 0 Å². The highest BCUT2D eigenvalue weighted by molar-refractivity contribution is 5.90. The second-order valence-corrected chi connectivity index (χ2v) is 15.6. The topological polar surface area (TPSA) is 42.2 Å². The number of hydrogen-bond donors (Lipinski definition) is 0. The summed E-state index contributed by atoms with van der Waals surface area (Å²) in [6.45, 7) is 0. The Morgan fingerprint density at radius 1 is 0.403 bits per heavy atom. The maximum absolute atomic E-state index is 6.81. The summed E-state index contributed by atoms with van der Waals surface area (Å²) < 4.78 is 6.81. The molecule has 10 aromatic rings. The van der Waals surface area contributed by atoms with Crippen LogP contribution in [-0.2, 0) is 0 Å². The standard InChI is InChI=1S/C58H41N3O/c1-5-16-40(17-6-1)42-28-32-46(33-29-42)61(47-34-30-43(31-35-47)41-18-7-2-8-19-41)48-36-37-51-56(38-48)62-55-27-15-26-52(57(51)55)58-59-53(45-22-11-4-12-23-45)39-54(60-58)50-25-14-13-24-49(50)44-20-9-3-10-21-44/h1-14,16-25,27-39H,15,26H2. The molecule has 11 rings (SSSR count). The van der Waals surface area contributed by atoms with Crippen LogP contribution in [0.25, 0.3) is 78.5 Å². The molecule has 1 aliphatic rings. The molecule has 0 N–H and O–H groups in total. The molecule has 0 amide bonds. The molecule has 8 aromatic carbocycles. The van der Waals surface area contributed by atoms with Gasteiger partial charge in [-0.05, 0) is 94.8 Å². The Bertz CT molecular complexity index is 3220. The first-order chi connectivity index (χ1) is 30.7. The average Bonchev–Trinajstić information content (AvgIpc) is 3.74. The number of aromatic nitrogens is 2. The predicted molar refractivity (Wildman–Crippen MR) is 256 cm³/mol. The maximum Gasteiger partial charge on any atom is 0.157 e. The van der Waals surface area contributed by atoms with Crippen LogP contribution in [0.3, 0.4) is 0 Å². The van der Waals surface area contributed by atoms with Crippen molar-refractivity contribution in [2.75, 3.05) is 4.90 Å². The van der Waals surface area contributed by atoms with Crippen molar-refractivity contribution in [3.63, 3.8) is 0 Å². The number of hydrogen-bond acceptors (Lipinski definition) is 4. The van der Waals surface area contributed by atoms with Crippen LogP contribution in [0.1, 0.15) is 18.7 Å². The molecule has 0 fully saturated rings. The van der Waals surface area contributed by atoms with E-state index in [1.54, 1.807) is 0 Å². The van der Waals surface area contributed by atoms with Crippen LogP contribution >= 0.6 is 0 Å². The van der Waals surface area contributed by atoms with E-state index in [0.29, 0.717) is 0 Å². The zero-order valence-corrected chi connectivity index (χ0v) is 34.0. The highest BCUT2D eigenvalue weighted by atomic mass is 16.3. The molecule has 2 heterocycles. The first-order valence-corrected chi connectivity index (χ1v) is 21.2. The van der Waals surface area contributed by atoms with E-state index in [1.165, 1.54) is 22.3 Å². The summed E-state index contributed by atoms with van der Waals surface area (Å²) in [5.74, 6) is 0.726. The molecule has 62 heavy (non-hydrogen) atoms. The van der Waals surface area contributed by atoms with Crippen molar-refractivity contribution >= 4 is 39.7 Å². The van der Waals surface area contributed by atoms with Crippen LogP contribution in [-0.4, -0.2) is 9.97 Å². The number of rotatable bonds is 9. The number of benzene rings is 8. The summed E-state index contributed by atoms with van der Waals surface area (Å²) in [6.07, 6.45) is 3.85. The Labute approximate surface area is 361 Å². The van der Waals surface area contributed by atoms with E-state index in [2.05, 4.69) is 223 Å². The third-order valence-corrected chi connectivity index (χ3v) is 11.8. The number of furan rings is 1. The van der Waals surface area contributed by atoms with Crippen LogP contribution in [0.2, 0.25) is 0 Å². The van der Waals surface area contributed by atoms with Crippen molar-refractivity contribution in [2.24, 2.45) is 0 Å². The smallest absolute Gasteiger partial charge is 0.157 e. The summed E-state index contributed by atoms with van der Waals surface area (Å²) >= 11 is 0. The highest BCUT2D eigenvalue weighted by Gasteiger charge is 2.21. The van der Waals surface area contributed by atoms with Crippen molar-refractivity contribution in [1.82, 2.24) is 9.97 Å². The first-order valence-electron chi connectivity index (χ1n) is 21.2. The third-order valence-electron chi connectivity index (χ3n) is 11.8. The molecule has 0 spiro atoms. The minimum absolute atomic E-state index is 0.726. The van der Waals surface area contributed by atoms with Crippen LogP contribution in [0.4, 0.5) is 17.1 Å². The summed E-state index contributed by atoms with van der Waals surface area (Å²) in [5, 5.41) is 2.12. The largest absolute Gasteiger partial charge is 0.456 e. The van der Waals surface area contributed by atoms with Gasteiger partial charge in [0.2, 0.25) is 0 Å². The van der Waals surface area contributed by atoms with Crippen molar-refractivity contribution in [1.29, 1.82) is 0 Å². The van der Waals surface area contributed by atoms with Crippen molar-refractivity contribution < 1.29 is 4.42 Å². The van der Waals surface area contributed by atoms with Gasteiger partial charge in [-0.3, -0.25) is 0 Å². The molecule has 4 nitrogen and oxygen atoms in total. The van der Waals surface area contributed by atoms with Gasteiger partial charge in [0.15, 0.2) is 5.82 Å². The molecule has 0 unspecified atom stereocenters. The average molecular weight is 796 g/mol. The molecule has 2 aromatic heterocycles. The van der Waals surface area contributed by atoms with Crippen LogP contribution in [0, 0.1) is 0 Å². The fourth-order valence-corrected chi connectivity index (χ4v) is 8.76. The first kappa shape index (κ1) is 37.0. The lowest BCUT2D eigenvalue weighted by Gasteiger charge is -2.26. The van der Waals surface area contributed by atoms with E-state index in [0.717, 1.165) is 96.5 Å². The minimum atomic E-state index is 0.726. The summed E-state index contributed by atoms with van der Waals surface area (Å²) in [4.78, 5) is 13.0. The molecule has 0 bridgehead atoms. The van der Waals surface area contributed by atoms with Gasteiger partial charge in [0.05, 0.1) is 11.4 Å². The zero-order valence-electron chi connectivity index (χ0n) is 34.0. The normalized spacial score (nSPS) is 12.2. The van der Waals surface area contributed by atoms with E-state index in [1.807, 2.05) is 6.07 Å². The molecular weight excluding hydrogens is 755 g/mol. The van der Waals surface area contributed by atoms with Crippen molar-refractivity contribution in [3.8, 4) is 55.9 Å². The minimum Gasteiger partial charge on any atom is -0.456 e. The van der Waals surface area contributed by atoms with E-state index >= 15 is 0 Å². The summed E-state index contributed by atoms with van der Waals surface area (Å²) in [7, 11) is 0. The SMILES string of the molecule is C1=c2oc3cc(N(c4ccc(-c5ccccc5)cc4)c4ccc(-c5ccccc5)cc4)ccc3c2=C(c2nc(-c3ccccc3)cc(-c3ccccc3-c3ccccc3)n2)CC1. The van der Waals surface area contributed by atoms with Gasteiger partial charge in [-0.25, -0.2) is 9.97 Å². The molecule has 0 aliphatic heterocycles. The lowest BCUT2D eigenvalue weighted by atomic mass is 9.96. The Morgan fingerprint density at radius 3 is 1.48 bits per heavy atom. The van der Waals surface area contributed by atoms with Crippen LogP contribution < -0.4 is 15.5 Å². The summed E-state index contributed by atoms with van der Waals surface area (Å²) in [5.41, 5.74) is 16.8. The summed E-state index contributed by atoms with van der Waals surface area (Å²) in [6, 6.07) is 76.9. The van der Waals surface area contributed by atoms with Crippen LogP contribution in [0.5, 0.6) is 0 Å². The number of anilines is 3. The van der Waals surface area contributed by atoms with Gasteiger partial charge in [0, 0.05) is 50.4 Å². The maximum atomic E-state index is 6.81. The highest BCUT2D eigenvalue weighted by Crippen LogP contribution is 2.39. The molecule has 4 heteroatoms. The van der Waals surface area contributed by atoms with Gasteiger partial charge < -0.3 is 9.32 Å². The number of nitrogens with zero attached hydrogens (tertiary/aromatic N) is 3. The molecule has 1 aliphatic carbocycles. The van der Waals surface area contributed by atoms with Crippen LogP contribution in [0.15, 0.2) is 223 Å². The lowest BCUT2D eigenvalue weighted by Crippen LogP contribution is -2.27. The molecule has 294 valence electrons. The molecule has 0 saturated heterocycles. The fourth-order valence-electron chi connectivity index (χ4n) is 8.76. The van der Waals surface area contributed by atoms with Gasteiger partial charge in [0.1, 0.15) is 11.0 Å². The second kappa shape index (κ2) is 16.2. The van der Waals surface area contributed by atoms with Crippen molar-refractivity contribution in [3.05, 3.63) is 235 Å². The third kappa shape index (κ3) is 7.08. The van der Waals surface area contributed by atoms with Crippen molar-refractivity contribution in [2.45, 2.75) is 12.8 Å². The molecule has 0 saturated carbocycles. The Balaban J connectivity index is 1.06.